The minimum absolute atomic E-state index is 0.122. The Morgan fingerprint density at radius 3 is 2.92 bits per heavy atom. The Morgan fingerprint density at radius 1 is 1.69 bits per heavy atom. The molecule has 1 amide bonds. The number of hydrogen-bond donors (Lipinski definition) is 0. The molecule has 1 atom stereocenters. The molecule has 1 heterocycles. The molecule has 1 radical (unpaired) electrons. The van der Waals surface area contributed by atoms with Crippen molar-refractivity contribution in [1.82, 2.24) is 4.90 Å². The molecule has 1 rings (SSSR count). The van der Waals surface area contributed by atoms with Crippen LogP contribution in [0.5, 0.6) is 0 Å². The third kappa shape index (κ3) is 2.37. The highest BCUT2D eigenvalue weighted by atomic mass is 32.2. The zero-order chi connectivity index (χ0) is 9.84. The fourth-order valence-electron chi connectivity index (χ4n) is 1.08. The summed E-state index contributed by atoms with van der Waals surface area (Å²) in [6.45, 7) is 3.54. The molecule has 0 aromatic rings. The van der Waals surface area contributed by atoms with Crippen LogP contribution in [0.25, 0.3) is 0 Å². The molecule has 0 saturated carbocycles. The van der Waals surface area contributed by atoms with Gasteiger partial charge in [-0.2, -0.15) is 0 Å². The molecule has 4 nitrogen and oxygen atoms in total. The normalized spacial score (nSPS) is 21.7. The lowest BCUT2D eigenvalue weighted by Crippen LogP contribution is -2.40. The molecule has 1 aliphatic rings. The van der Waals surface area contributed by atoms with Crippen molar-refractivity contribution in [3.63, 3.8) is 0 Å². The number of hydrogen-bond acceptors (Lipinski definition) is 4. The Labute approximate surface area is 81.6 Å². The zero-order valence-electron chi connectivity index (χ0n) is 7.65. The molecule has 0 N–H and O–H groups in total. The highest BCUT2D eigenvalue weighted by Gasteiger charge is 2.34. The first-order chi connectivity index (χ1) is 6.16. The van der Waals surface area contributed by atoms with E-state index in [1.54, 1.807) is 12.8 Å². The summed E-state index contributed by atoms with van der Waals surface area (Å²) in [4.78, 5) is 23.8. The van der Waals surface area contributed by atoms with Crippen LogP contribution >= 0.6 is 11.8 Å². The average Bonchev–Trinajstić information content (AvgIpc) is 2.52. The van der Waals surface area contributed by atoms with E-state index >= 15 is 0 Å². The number of amides is 1. The van der Waals surface area contributed by atoms with Crippen LogP contribution in [0.15, 0.2) is 0 Å². The fraction of sp³-hybridized carbons (Fsp3) is 0.625. The molecule has 0 aromatic carbocycles. The van der Waals surface area contributed by atoms with Crippen LogP contribution in [0.3, 0.4) is 0 Å². The second kappa shape index (κ2) is 4.50. The van der Waals surface area contributed by atoms with E-state index in [0.717, 1.165) is 0 Å². The summed E-state index contributed by atoms with van der Waals surface area (Å²) in [6.07, 6.45) is 0. The summed E-state index contributed by atoms with van der Waals surface area (Å²) in [5, 5.41) is 0. The summed E-state index contributed by atoms with van der Waals surface area (Å²) in [6, 6.07) is -0.428. The van der Waals surface area contributed by atoms with Gasteiger partial charge in [-0.25, -0.2) is 4.79 Å². The standard InChI is InChI=1S/C8H12NO3S/c1-3-12-8(11)7-4-13-5-9(7)6(2)10/h5,7H,3-4H2,1-2H3. The number of esters is 1. The second-order valence-electron chi connectivity index (χ2n) is 2.63. The Bertz CT molecular complexity index is 219. The number of rotatable bonds is 2. The van der Waals surface area contributed by atoms with Crippen LogP contribution in [0.2, 0.25) is 0 Å². The van der Waals surface area contributed by atoms with Crippen LogP contribution in [0.4, 0.5) is 0 Å². The summed E-state index contributed by atoms with van der Waals surface area (Å²) in [5.41, 5.74) is 0. The molecule has 0 aromatic heterocycles. The average molecular weight is 202 g/mol. The molecule has 0 spiro atoms. The van der Waals surface area contributed by atoms with Gasteiger partial charge in [-0.1, -0.05) is 0 Å². The van der Waals surface area contributed by atoms with Gasteiger partial charge in [0.25, 0.3) is 0 Å². The van der Waals surface area contributed by atoms with E-state index in [1.165, 1.54) is 23.6 Å². The van der Waals surface area contributed by atoms with Gasteiger partial charge in [0, 0.05) is 12.7 Å². The largest absolute Gasteiger partial charge is 0.464 e. The van der Waals surface area contributed by atoms with Crippen molar-refractivity contribution in [2.24, 2.45) is 0 Å². The number of thioether (sulfide) groups is 1. The molecule has 1 fully saturated rings. The quantitative estimate of drug-likeness (QED) is 0.616. The molecule has 1 aliphatic heterocycles. The Balaban J connectivity index is 2.57. The van der Waals surface area contributed by atoms with Gasteiger partial charge in [-0.3, -0.25) is 4.79 Å². The van der Waals surface area contributed by atoms with E-state index in [9.17, 15) is 9.59 Å². The predicted molar refractivity (Wildman–Crippen MR) is 49.7 cm³/mol. The van der Waals surface area contributed by atoms with Crippen molar-refractivity contribution in [3.05, 3.63) is 5.88 Å². The van der Waals surface area contributed by atoms with E-state index in [4.69, 9.17) is 4.74 Å². The SMILES string of the molecule is CCOC(=O)C1CS[CH]N1C(C)=O. The summed E-state index contributed by atoms with van der Waals surface area (Å²) >= 11 is 1.45. The van der Waals surface area contributed by atoms with Crippen molar-refractivity contribution in [3.8, 4) is 0 Å². The maximum absolute atomic E-state index is 11.3. The predicted octanol–water partition coefficient (Wildman–Crippen LogP) is 0.633. The van der Waals surface area contributed by atoms with Crippen LogP contribution in [-0.4, -0.2) is 35.2 Å². The topological polar surface area (TPSA) is 46.6 Å². The first-order valence-electron chi connectivity index (χ1n) is 4.07. The molecule has 1 unspecified atom stereocenters. The van der Waals surface area contributed by atoms with Gasteiger partial charge in [-0.05, 0) is 6.92 Å². The number of nitrogens with zero attached hydrogens (tertiary/aromatic N) is 1. The molecule has 0 bridgehead atoms. The Hall–Kier alpha value is -0.710. The number of carbonyl (C=O) groups excluding carboxylic acids is 2. The summed E-state index contributed by atoms with van der Waals surface area (Å²) < 4.78 is 4.84. The van der Waals surface area contributed by atoms with Crippen LogP contribution in [0.1, 0.15) is 13.8 Å². The summed E-state index contributed by atoms with van der Waals surface area (Å²) in [5.74, 6) is 1.82. The lowest BCUT2D eigenvalue weighted by atomic mass is 10.3. The van der Waals surface area contributed by atoms with E-state index in [-0.39, 0.29) is 11.9 Å². The van der Waals surface area contributed by atoms with E-state index in [2.05, 4.69) is 0 Å². The van der Waals surface area contributed by atoms with Gasteiger partial charge >= 0.3 is 5.97 Å². The molecular formula is C8H12NO3S. The molecule has 73 valence electrons. The van der Waals surface area contributed by atoms with Crippen molar-refractivity contribution < 1.29 is 14.3 Å². The van der Waals surface area contributed by atoms with Gasteiger partial charge in [0.15, 0.2) is 0 Å². The highest BCUT2D eigenvalue weighted by molar-refractivity contribution is 8.01. The van der Waals surface area contributed by atoms with Crippen molar-refractivity contribution in [2.45, 2.75) is 19.9 Å². The van der Waals surface area contributed by atoms with Gasteiger partial charge in [0.05, 0.1) is 6.61 Å². The molecule has 0 aliphatic carbocycles. The van der Waals surface area contributed by atoms with Gasteiger partial charge in [0.1, 0.15) is 11.9 Å². The molecule has 13 heavy (non-hydrogen) atoms. The van der Waals surface area contributed by atoms with E-state index in [1.807, 2.05) is 0 Å². The molecule has 5 heteroatoms. The van der Waals surface area contributed by atoms with E-state index in [0.29, 0.717) is 12.4 Å². The van der Waals surface area contributed by atoms with Crippen molar-refractivity contribution >= 4 is 23.6 Å². The minimum Gasteiger partial charge on any atom is -0.464 e. The Morgan fingerprint density at radius 2 is 2.38 bits per heavy atom. The molecular weight excluding hydrogens is 190 g/mol. The molecule has 1 saturated heterocycles. The minimum atomic E-state index is -0.428. The number of ether oxygens (including phenoxy) is 1. The van der Waals surface area contributed by atoms with Crippen LogP contribution in [0, 0.1) is 5.88 Å². The van der Waals surface area contributed by atoms with Crippen LogP contribution in [-0.2, 0) is 14.3 Å². The maximum atomic E-state index is 11.3. The van der Waals surface area contributed by atoms with Gasteiger partial charge in [-0.15, -0.1) is 11.8 Å². The van der Waals surface area contributed by atoms with Gasteiger partial charge in [0.2, 0.25) is 5.91 Å². The van der Waals surface area contributed by atoms with E-state index < -0.39 is 6.04 Å². The first kappa shape index (κ1) is 10.4. The zero-order valence-corrected chi connectivity index (χ0v) is 8.47. The van der Waals surface area contributed by atoms with Crippen molar-refractivity contribution in [1.29, 1.82) is 0 Å². The summed E-state index contributed by atoms with van der Waals surface area (Å²) in [7, 11) is 0. The third-order valence-corrected chi connectivity index (χ3v) is 2.58. The monoisotopic (exact) mass is 202 g/mol. The number of carbonyl (C=O) groups is 2. The van der Waals surface area contributed by atoms with Gasteiger partial charge < -0.3 is 9.64 Å². The third-order valence-electron chi connectivity index (χ3n) is 1.70. The smallest absolute Gasteiger partial charge is 0.329 e. The lowest BCUT2D eigenvalue weighted by Gasteiger charge is -2.19. The first-order valence-corrected chi connectivity index (χ1v) is 5.12. The maximum Gasteiger partial charge on any atom is 0.329 e. The lowest BCUT2D eigenvalue weighted by molar-refractivity contribution is -0.151. The second-order valence-corrected chi connectivity index (χ2v) is 3.51. The van der Waals surface area contributed by atoms with Crippen molar-refractivity contribution in [2.75, 3.05) is 12.4 Å². The Kier molecular flexibility index (Phi) is 3.59. The van der Waals surface area contributed by atoms with Crippen LogP contribution < -0.4 is 0 Å². The highest BCUT2D eigenvalue weighted by Crippen LogP contribution is 2.25. The fourth-order valence-corrected chi connectivity index (χ4v) is 2.10.